The van der Waals surface area contributed by atoms with E-state index in [9.17, 15) is 0 Å². The van der Waals surface area contributed by atoms with Gasteiger partial charge in [0.05, 0.1) is 0 Å². The molecule has 5 heteroatoms. The zero-order valence-electron chi connectivity index (χ0n) is 9.85. The molecule has 0 spiro atoms. The molecule has 1 saturated carbocycles. The molecule has 90 valence electrons. The van der Waals surface area contributed by atoms with Crippen molar-refractivity contribution < 1.29 is 9.26 Å². The molecule has 1 fully saturated rings. The molecule has 5 nitrogen and oxygen atoms in total. The molecule has 16 heavy (non-hydrogen) atoms. The van der Waals surface area contributed by atoms with Gasteiger partial charge in [0.1, 0.15) is 6.10 Å². The number of hydrogen-bond acceptors (Lipinski definition) is 5. The Labute approximate surface area is 95.3 Å². The second-order valence-electron chi connectivity index (χ2n) is 4.36. The second kappa shape index (κ2) is 4.93. The third kappa shape index (κ3) is 2.41. The van der Waals surface area contributed by atoms with Crippen molar-refractivity contribution in [1.29, 1.82) is 0 Å². The van der Waals surface area contributed by atoms with Crippen LogP contribution in [0.2, 0.25) is 0 Å². The lowest BCUT2D eigenvalue weighted by molar-refractivity contribution is 0.0683. The molecule has 0 saturated heterocycles. The van der Waals surface area contributed by atoms with Crippen molar-refractivity contribution in [2.75, 3.05) is 6.61 Å². The average molecular weight is 225 g/mol. The van der Waals surface area contributed by atoms with Gasteiger partial charge in [-0.15, -0.1) is 0 Å². The van der Waals surface area contributed by atoms with Gasteiger partial charge < -0.3 is 15.0 Å². The van der Waals surface area contributed by atoms with Gasteiger partial charge in [-0.2, -0.15) is 4.98 Å². The quantitative estimate of drug-likeness (QED) is 0.845. The lowest BCUT2D eigenvalue weighted by Crippen LogP contribution is -2.14. The number of aromatic nitrogens is 2. The molecule has 0 radical (unpaired) electrons. The van der Waals surface area contributed by atoms with E-state index in [-0.39, 0.29) is 12.1 Å². The molecule has 1 aliphatic rings. The molecule has 2 N–H and O–H groups in total. The van der Waals surface area contributed by atoms with E-state index in [2.05, 4.69) is 10.1 Å². The van der Waals surface area contributed by atoms with Crippen LogP contribution in [0.4, 0.5) is 0 Å². The van der Waals surface area contributed by atoms with Gasteiger partial charge in [-0.25, -0.2) is 0 Å². The summed E-state index contributed by atoms with van der Waals surface area (Å²) in [5, 5.41) is 3.95. The molecule has 1 heterocycles. The van der Waals surface area contributed by atoms with Gasteiger partial charge >= 0.3 is 0 Å². The maximum atomic E-state index is 5.86. The summed E-state index contributed by atoms with van der Waals surface area (Å²) in [7, 11) is 0. The Kier molecular flexibility index (Phi) is 3.56. The monoisotopic (exact) mass is 225 g/mol. The van der Waals surface area contributed by atoms with E-state index >= 15 is 0 Å². The number of nitrogens with two attached hydrogens (primary N) is 1. The zero-order chi connectivity index (χ0) is 11.5. The molecule has 3 atom stereocenters. The van der Waals surface area contributed by atoms with Gasteiger partial charge in [-0.1, -0.05) is 5.16 Å². The fraction of sp³-hybridized carbons (Fsp3) is 0.818. The van der Waals surface area contributed by atoms with Gasteiger partial charge in [-0.3, -0.25) is 0 Å². The lowest BCUT2D eigenvalue weighted by atomic mass is 10.1. The van der Waals surface area contributed by atoms with Crippen LogP contribution in [0.3, 0.4) is 0 Å². The zero-order valence-corrected chi connectivity index (χ0v) is 9.85. The Morgan fingerprint density at radius 2 is 2.38 bits per heavy atom. The lowest BCUT2D eigenvalue weighted by Gasteiger charge is -2.05. The molecule has 0 bridgehead atoms. The first kappa shape index (κ1) is 11.5. The van der Waals surface area contributed by atoms with Crippen LogP contribution in [0, 0.1) is 0 Å². The minimum Gasteiger partial charge on any atom is -0.371 e. The maximum Gasteiger partial charge on any atom is 0.229 e. The minimum absolute atomic E-state index is 0.0995. The standard InChI is InChI=1S/C11H19N3O2/c1-3-15-7(2)10-13-11(16-14-10)8-4-5-9(12)6-8/h7-9H,3-6,12H2,1-2H3. The normalized spacial score (nSPS) is 27.2. The Hall–Kier alpha value is -0.940. The van der Waals surface area contributed by atoms with Crippen molar-refractivity contribution in [3.8, 4) is 0 Å². The van der Waals surface area contributed by atoms with Crippen molar-refractivity contribution in [2.45, 2.75) is 51.2 Å². The summed E-state index contributed by atoms with van der Waals surface area (Å²) >= 11 is 0. The summed E-state index contributed by atoms with van der Waals surface area (Å²) < 4.78 is 10.7. The first-order chi connectivity index (χ1) is 7.70. The highest BCUT2D eigenvalue weighted by Gasteiger charge is 2.28. The molecule has 3 unspecified atom stereocenters. The predicted molar refractivity (Wildman–Crippen MR) is 58.9 cm³/mol. The van der Waals surface area contributed by atoms with E-state index < -0.39 is 0 Å². The molecule has 0 aliphatic heterocycles. The predicted octanol–water partition coefficient (Wildman–Crippen LogP) is 1.76. The molecule has 1 aromatic rings. The largest absolute Gasteiger partial charge is 0.371 e. The van der Waals surface area contributed by atoms with Crippen LogP contribution >= 0.6 is 0 Å². The summed E-state index contributed by atoms with van der Waals surface area (Å²) in [6, 6.07) is 0.282. The van der Waals surface area contributed by atoms with Gasteiger partial charge in [0, 0.05) is 18.6 Å². The average Bonchev–Trinajstić information content (AvgIpc) is 2.85. The van der Waals surface area contributed by atoms with Crippen molar-refractivity contribution in [3.63, 3.8) is 0 Å². The number of hydrogen-bond donors (Lipinski definition) is 1. The topological polar surface area (TPSA) is 74.2 Å². The van der Waals surface area contributed by atoms with Gasteiger partial charge in [-0.05, 0) is 33.1 Å². The number of nitrogens with zero attached hydrogens (tertiary/aromatic N) is 2. The first-order valence-electron chi connectivity index (χ1n) is 5.91. The van der Waals surface area contributed by atoms with E-state index in [1.807, 2.05) is 13.8 Å². The maximum absolute atomic E-state index is 5.86. The fourth-order valence-electron chi connectivity index (χ4n) is 2.14. The Morgan fingerprint density at radius 3 is 3.00 bits per heavy atom. The van der Waals surface area contributed by atoms with Crippen LogP contribution in [-0.4, -0.2) is 22.8 Å². The minimum atomic E-state index is -0.0995. The Bertz CT molecular complexity index is 340. The van der Waals surface area contributed by atoms with E-state index in [0.29, 0.717) is 18.3 Å². The van der Waals surface area contributed by atoms with Crippen molar-refractivity contribution in [1.82, 2.24) is 10.1 Å². The van der Waals surface area contributed by atoms with Crippen molar-refractivity contribution in [3.05, 3.63) is 11.7 Å². The smallest absolute Gasteiger partial charge is 0.229 e. The third-order valence-corrected chi connectivity index (χ3v) is 3.06. The van der Waals surface area contributed by atoms with Crippen LogP contribution < -0.4 is 5.73 Å². The number of ether oxygens (including phenoxy) is 1. The van der Waals surface area contributed by atoms with Crippen LogP contribution in [-0.2, 0) is 4.74 Å². The molecule has 1 aliphatic carbocycles. The van der Waals surface area contributed by atoms with Gasteiger partial charge in [0.2, 0.25) is 5.89 Å². The highest BCUT2D eigenvalue weighted by atomic mass is 16.5. The van der Waals surface area contributed by atoms with Gasteiger partial charge in [0.25, 0.3) is 0 Å². The second-order valence-corrected chi connectivity index (χ2v) is 4.36. The van der Waals surface area contributed by atoms with Crippen molar-refractivity contribution >= 4 is 0 Å². The van der Waals surface area contributed by atoms with E-state index in [4.69, 9.17) is 15.0 Å². The van der Waals surface area contributed by atoms with E-state index in [1.165, 1.54) is 0 Å². The summed E-state index contributed by atoms with van der Waals surface area (Å²) in [4.78, 5) is 4.39. The summed E-state index contributed by atoms with van der Waals surface area (Å²) in [6.45, 7) is 4.53. The highest BCUT2D eigenvalue weighted by molar-refractivity contribution is 5.00. The Balaban J connectivity index is 2.01. The van der Waals surface area contributed by atoms with E-state index in [0.717, 1.165) is 25.2 Å². The first-order valence-corrected chi connectivity index (χ1v) is 5.91. The molecule has 1 aromatic heterocycles. The third-order valence-electron chi connectivity index (χ3n) is 3.06. The van der Waals surface area contributed by atoms with Crippen LogP contribution in [0.25, 0.3) is 0 Å². The summed E-state index contributed by atoms with van der Waals surface area (Å²) in [5.41, 5.74) is 5.86. The molecule has 0 amide bonds. The van der Waals surface area contributed by atoms with Crippen molar-refractivity contribution in [2.24, 2.45) is 5.73 Å². The molecular weight excluding hydrogens is 206 g/mol. The molecule has 0 aromatic carbocycles. The SMILES string of the molecule is CCOC(C)c1noc(C2CCC(N)C2)n1. The Morgan fingerprint density at radius 1 is 1.56 bits per heavy atom. The molecule has 2 rings (SSSR count). The highest BCUT2D eigenvalue weighted by Crippen LogP contribution is 2.32. The fourth-order valence-corrected chi connectivity index (χ4v) is 2.14. The van der Waals surface area contributed by atoms with Crippen LogP contribution in [0.5, 0.6) is 0 Å². The summed E-state index contributed by atoms with van der Waals surface area (Å²) in [6.07, 6.45) is 2.94. The van der Waals surface area contributed by atoms with E-state index in [1.54, 1.807) is 0 Å². The van der Waals surface area contributed by atoms with Crippen LogP contribution in [0.15, 0.2) is 4.52 Å². The van der Waals surface area contributed by atoms with Crippen LogP contribution in [0.1, 0.15) is 56.8 Å². The number of rotatable bonds is 4. The van der Waals surface area contributed by atoms with Gasteiger partial charge in [0.15, 0.2) is 5.82 Å². The summed E-state index contributed by atoms with van der Waals surface area (Å²) in [5.74, 6) is 1.69. The molecular formula is C11H19N3O2.